The van der Waals surface area contributed by atoms with Crippen molar-refractivity contribution in [3.63, 3.8) is 0 Å². The molecule has 0 aromatic heterocycles. The first-order chi connectivity index (χ1) is 8.61. The summed E-state index contributed by atoms with van der Waals surface area (Å²) in [5.41, 5.74) is 1.25. The van der Waals surface area contributed by atoms with E-state index in [-0.39, 0.29) is 0 Å². The summed E-state index contributed by atoms with van der Waals surface area (Å²) in [6.45, 7) is 4.11. The highest BCUT2D eigenvalue weighted by Crippen LogP contribution is 2.50. The molecule has 0 unspecified atom stereocenters. The minimum absolute atomic E-state index is 0.296. The first kappa shape index (κ1) is 16.2. The lowest BCUT2D eigenvalue weighted by Gasteiger charge is -2.16. The molecular formula is C12H20IO4P. The molecule has 0 radical (unpaired) electrons. The summed E-state index contributed by atoms with van der Waals surface area (Å²) in [5, 5.41) is 0. The van der Waals surface area contributed by atoms with Gasteiger partial charge in [-0.3, -0.25) is 9.05 Å². The molecule has 0 aliphatic heterocycles. The average Bonchev–Trinajstić information content (AvgIpc) is 2.38. The molecule has 0 saturated carbocycles. The van der Waals surface area contributed by atoms with Gasteiger partial charge in [-0.25, -0.2) is 4.57 Å². The zero-order valence-electron chi connectivity index (χ0n) is 10.9. The fourth-order valence-electron chi connectivity index (χ4n) is 1.66. The molecule has 1 aliphatic rings. The van der Waals surface area contributed by atoms with Gasteiger partial charge in [0.05, 0.1) is 16.8 Å². The van der Waals surface area contributed by atoms with Gasteiger partial charge in [0.15, 0.2) is 0 Å². The van der Waals surface area contributed by atoms with E-state index in [2.05, 4.69) is 28.7 Å². The third kappa shape index (κ3) is 5.43. The minimum Gasteiger partial charge on any atom is -0.411 e. The Morgan fingerprint density at radius 2 is 2.06 bits per heavy atom. The minimum atomic E-state index is -3.43. The molecule has 0 fully saturated rings. The van der Waals surface area contributed by atoms with Crippen molar-refractivity contribution in [2.24, 2.45) is 0 Å². The Morgan fingerprint density at radius 1 is 1.39 bits per heavy atom. The lowest BCUT2D eigenvalue weighted by atomic mass is 10.00. The fraction of sp³-hybridized carbons (Fsp3) is 0.667. The van der Waals surface area contributed by atoms with Crippen molar-refractivity contribution in [2.45, 2.75) is 39.5 Å². The maximum absolute atomic E-state index is 12.1. The van der Waals surface area contributed by atoms with E-state index in [0.717, 1.165) is 16.4 Å². The SMILES string of the molecule is CCOP(=O)(O/C=C(/I)C1=CCCCC1)OCC. The monoisotopic (exact) mass is 386 g/mol. The van der Waals surface area contributed by atoms with E-state index in [4.69, 9.17) is 13.6 Å². The second kappa shape index (κ2) is 8.35. The van der Waals surface area contributed by atoms with Gasteiger partial charge in [0.2, 0.25) is 0 Å². The molecule has 0 saturated heterocycles. The van der Waals surface area contributed by atoms with E-state index < -0.39 is 7.82 Å². The quantitative estimate of drug-likeness (QED) is 0.353. The van der Waals surface area contributed by atoms with Crippen LogP contribution in [-0.4, -0.2) is 13.2 Å². The van der Waals surface area contributed by atoms with Gasteiger partial charge in [-0.2, -0.15) is 0 Å². The number of hydrogen-bond acceptors (Lipinski definition) is 4. The molecule has 0 aromatic rings. The van der Waals surface area contributed by atoms with Crippen molar-refractivity contribution in [1.29, 1.82) is 0 Å². The van der Waals surface area contributed by atoms with Crippen molar-refractivity contribution in [1.82, 2.24) is 0 Å². The molecule has 1 rings (SSSR count). The van der Waals surface area contributed by atoms with Gasteiger partial charge in [0.1, 0.15) is 6.26 Å². The molecule has 0 aromatic carbocycles. The van der Waals surface area contributed by atoms with Crippen LogP contribution in [0.4, 0.5) is 0 Å². The number of allylic oxidation sites excluding steroid dienone is 3. The van der Waals surface area contributed by atoms with E-state index in [9.17, 15) is 4.57 Å². The van der Waals surface area contributed by atoms with E-state index in [1.54, 1.807) is 13.8 Å². The van der Waals surface area contributed by atoms with Crippen molar-refractivity contribution in [3.05, 3.63) is 21.5 Å². The molecule has 0 spiro atoms. The Morgan fingerprint density at radius 3 is 2.56 bits per heavy atom. The van der Waals surface area contributed by atoms with Crippen LogP contribution in [0.3, 0.4) is 0 Å². The van der Waals surface area contributed by atoms with Crippen LogP contribution in [0.5, 0.6) is 0 Å². The van der Waals surface area contributed by atoms with Crippen LogP contribution in [0, 0.1) is 0 Å². The molecule has 1 aliphatic carbocycles. The standard InChI is InChI=1S/C12H20IO4P/c1-3-15-18(14,16-4-2)17-10-12(13)11-8-6-5-7-9-11/h8,10H,3-7,9H2,1-2H3/b12-10+. The van der Waals surface area contributed by atoms with Gasteiger partial charge in [0.25, 0.3) is 0 Å². The van der Waals surface area contributed by atoms with Crippen molar-refractivity contribution >= 4 is 30.4 Å². The molecule has 18 heavy (non-hydrogen) atoms. The molecule has 104 valence electrons. The smallest absolute Gasteiger partial charge is 0.411 e. The Kier molecular flexibility index (Phi) is 7.53. The van der Waals surface area contributed by atoms with E-state index in [1.807, 2.05) is 0 Å². The van der Waals surface area contributed by atoms with E-state index >= 15 is 0 Å². The first-order valence-corrected chi connectivity index (χ1v) is 8.78. The Balaban J connectivity index is 2.64. The topological polar surface area (TPSA) is 44.8 Å². The summed E-state index contributed by atoms with van der Waals surface area (Å²) in [6, 6.07) is 0. The summed E-state index contributed by atoms with van der Waals surface area (Å²) >= 11 is 2.19. The third-order valence-corrected chi connectivity index (χ3v) is 4.92. The maximum atomic E-state index is 12.1. The largest absolute Gasteiger partial charge is 0.529 e. The summed E-state index contributed by atoms with van der Waals surface area (Å²) < 4.78 is 28.4. The van der Waals surface area contributed by atoms with Gasteiger partial charge >= 0.3 is 7.82 Å². The lowest BCUT2D eigenvalue weighted by Crippen LogP contribution is -1.98. The van der Waals surface area contributed by atoms with Crippen LogP contribution >= 0.6 is 30.4 Å². The van der Waals surface area contributed by atoms with E-state index in [1.165, 1.54) is 24.7 Å². The lowest BCUT2D eigenvalue weighted by molar-refractivity contribution is 0.153. The summed E-state index contributed by atoms with van der Waals surface area (Å²) in [6.07, 6.45) is 8.28. The van der Waals surface area contributed by atoms with Crippen molar-refractivity contribution in [2.75, 3.05) is 13.2 Å². The molecule has 0 bridgehead atoms. The number of phosphoric ester groups is 1. The van der Waals surface area contributed by atoms with Crippen LogP contribution in [0.15, 0.2) is 21.5 Å². The van der Waals surface area contributed by atoms with Crippen LogP contribution < -0.4 is 0 Å². The Hall–Kier alpha value is 0.160. The summed E-state index contributed by atoms with van der Waals surface area (Å²) in [5.74, 6) is 0. The zero-order chi connectivity index (χ0) is 13.4. The third-order valence-electron chi connectivity index (χ3n) is 2.46. The van der Waals surface area contributed by atoms with E-state index in [0.29, 0.717) is 13.2 Å². The van der Waals surface area contributed by atoms with Gasteiger partial charge < -0.3 is 4.52 Å². The predicted molar refractivity (Wildman–Crippen MR) is 80.6 cm³/mol. The van der Waals surface area contributed by atoms with Crippen LogP contribution in [0.1, 0.15) is 39.5 Å². The number of hydrogen-bond donors (Lipinski definition) is 0. The second-order valence-corrected chi connectivity index (χ2v) is 6.61. The molecule has 4 nitrogen and oxygen atoms in total. The number of phosphoric acid groups is 1. The van der Waals surface area contributed by atoms with Crippen LogP contribution in [0.25, 0.3) is 0 Å². The van der Waals surface area contributed by atoms with Crippen LogP contribution in [-0.2, 0) is 18.1 Å². The molecular weight excluding hydrogens is 366 g/mol. The van der Waals surface area contributed by atoms with Crippen molar-refractivity contribution < 1.29 is 18.1 Å². The van der Waals surface area contributed by atoms with Crippen LogP contribution in [0.2, 0.25) is 0 Å². The fourth-order valence-corrected chi connectivity index (χ4v) is 3.54. The molecule has 0 amide bonds. The predicted octanol–water partition coefficient (Wildman–Crippen LogP) is 4.96. The average molecular weight is 386 g/mol. The maximum Gasteiger partial charge on any atom is 0.529 e. The zero-order valence-corrected chi connectivity index (χ0v) is 13.9. The highest BCUT2D eigenvalue weighted by Gasteiger charge is 2.25. The summed E-state index contributed by atoms with van der Waals surface area (Å²) in [7, 11) is -3.43. The Bertz CT molecular complexity index is 355. The van der Waals surface area contributed by atoms with Gasteiger partial charge in [-0.05, 0) is 67.7 Å². The molecule has 6 heteroatoms. The van der Waals surface area contributed by atoms with Gasteiger partial charge in [0, 0.05) is 0 Å². The normalized spacial score (nSPS) is 17.5. The molecule has 0 N–H and O–H groups in total. The number of rotatable bonds is 7. The number of halogens is 1. The summed E-state index contributed by atoms with van der Waals surface area (Å²) in [4.78, 5) is 0. The van der Waals surface area contributed by atoms with Gasteiger partial charge in [-0.15, -0.1) is 0 Å². The Labute approximate surface area is 123 Å². The highest BCUT2D eigenvalue weighted by atomic mass is 127. The highest BCUT2D eigenvalue weighted by molar-refractivity contribution is 14.1. The van der Waals surface area contributed by atoms with Crippen molar-refractivity contribution in [3.8, 4) is 0 Å². The molecule has 0 heterocycles. The molecule has 0 atom stereocenters. The first-order valence-electron chi connectivity index (χ1n) is 6.24. The van der Waals surface area contributed by atoms with Gasteiger partial charge in [-0.1, -0.05) is 6.08 Å². The second-order valence-electron chi connectivity index (χ2n) is 3.83.